The molecular formula is C15H20FN3. The second-order valence-electron chi connectivity index (χ2n) is 5.40. The molecule has 0 bridgehead atoms. The highest BCUT2D eigenvalue weighted by Crippen LogP contribution is 2.29. The molecule has 0 aliphatic rings. The summed E-state index contributed by atoms with van der Waals surface area (Å²) in [7, 11) is 1.81. The van der Waals surface area contributed by atoms with Gasteiger partial charge in [0.2, 0.25) is 0 Å². The highest BCUT2D eigenvalue weighted by atomic mass is 19.1. The Morgan fingerprint density at radius 2 is 2.05 bits per heavy atom. The SMILES string of the molecule is Cc1ccc(-c2nn(C)c(N)c2CC(C)C)cc1F. The van der Waals surface area contributed by atoms with E-state index in [9.17, 15) is 4.39 Å². The van der Waals surface area contributed by atoms with Crippen LogP contribution >= 0.6 is 0 Å². The second-order valence-corrected chi connectivity index (χ2v) is 5.40. The van der Waals surface area contributed by atoms with Crippen LogP contribution in [0.2, 0.25) is 0 Å². The van der Waals surface area contributed by atoms with Crippen LogP contribution in [0.25, 0.3) is 11.3 Å². The Balaban J connectivity index is 2.54. The van der Waals surface area contributed by atoms with Crippen molar-refractivity contribution in [3.8, 4) is 11.3 Å². The molecule has 0 amide bonds. The third-order valence-corrected chi connectivity index (χ3v) is 3.25. The van der Waals surface area contributed by atoms with Crippen molar-refractivity contribution in [1.29, 1.82) is 0 Å². The Morgan fingerprint density at radius 3 is 2.63 bits per heavy atom. The van der Waals surface area contributed by atoms with Crippen LogP contribution < -0.4 is 5.73 Å². The zero-order valence-electron chi connectivity index (χ0n) is 11.9. The van der Waals surface area contributed by atoms with Gasteiger partial charge < -0.3 is 5.73 Å². The number of rotatable bonds is 3. The molecule has 0 spiro atoms. The van der Waals surface area contributed by atoms with Crippen LogP contribution in [0.4, 0.5) is 10.2 Å². The van der Waals surface area contributed by atoms with Crippen LogP contribution in [0, 0.1) is 18.7 Å². The van der Waals surface area contributed by atoms with Gasteiger partial charge in [-0.3, -0.25) is 4.68 Å². The molecule has 102 valence electrons. The van der Waals surface area contributed by atoms with Crippen LogP contribution in [-0.4, -0.2) is 9.78 Å². The van der Waals surface area contributed by atoms with Crippen LogP contribution in [0.15, 0.2) is 18.2 Å². The molecule has 19 heavy (non-hydrogen) atoms. The van der Waals surface area contributed by atoms with Gasteiger partial charge in [0.05, 0.1) is 5.69 Å². The predicted molar refractivity (Wildman–Crippen MR) is 76.3 cm³/mol. The second kappa shape index (κ2) is 5.03. The van der Waals surface area contributed by atoms with Crippen LogP contribution in [-0.2, 0) is 13.5 Å². The lowest BCUT2D eigenvalue weighted by atomic mass is 9.98. The molecule has 2 aromatic rings. The quantitative estimate of drug-likeness (QED) is 0.921. The van der Waals surface area contributed by atoms with E-state index in [-0.39, 0.29) is 5.82 Å². The zero-order valence-corrected chi connectivity index (χ0v) is 11.9. The summed E-state index contributed by atoms with van der Waals surface area (Å²) in [5, 5.41) is 4.43. The molecule has 0 radical (unpaired) electrons. The van der Waals surface area contributed by atoms with Crippen molar-refractivity contribution in [1.82, 2.24) is 9.78 Å². The summed E-state index contributed by atoms with van der Waals surface area (Å²) in [6.45, 7) is 6.01. The van der Waals surface area contributed by atoms with Gasteiger partial charge >= 0.3 is 0 Å². The minimum Gasteiger partial charge on any atom is -0.384 e. The number of nitrogen functional groups attached to an aromatic ring is 1. The number of aromatic nitrogens is 2. The van der Waals surface area contributed by atoms with Crippen molar-refractivity contribution in [3.63, 3.8) is 0 Å². The summed E-state index contributed by atoms with van der Waals surface area (Å²) in [6.07, 6.45) is 0.838. The minimum atomic E-state index is -0.211. The van der Waals surface area contributed by atoms with Crippen LogP contribution in [0.1, 0.15) is 25.0 Å². The standard InChI is InChI=1S/C15H20FN3/c1-9(2)7-12-14(18-19(4)15(12)17)11-6-5-10(3)13(16)8-11/h5-6,8-9H,7,17H2,1-4H3. The van der Waals surface area contributed by atoms with E-state index in [4.69, 9.17) is 5.73 Å². The molecule has 0 aliphatic heterocycles. The molecule has 1 aromatic carbocycles. The third kappa shape index (κ3) is 2.62. The van der Waals surface area contributed by atoms with Gasteiger partial charge in [0.1, 0.15) is 11.6 Å². The van der Waals surface area contributed by atoms with E-state index in [1.54, 1.807) is 17.7 Å². The van der Waals surface area contributed by atoms with Gasteiger partial charge in [-0.05, 0) is 30.9 Å². The van der Waals surface area contributed by atoms with Gasteiger partial charge in [-0.1, -0.05) is 26.0 Å². The maximum absolute atomic E-state index is 13.7. The maximum atomic E-state index is 13.7. The van der Waals surface area contributed by atoms with E-state index in [2.05, 4.69) is 18.9 Å². The first kappa shape index (κ1) is 13.6. The van der Waals surface area contributed by atoms with E-state index in [0.29, 0.717) is 17.3 Å². The van der Waals surface area contributed by atoms with Crippen molar-refractivity contribution in [2.75, 3.05) is 5.73 Å². The third-order valence-electron chi connectivity index (χ3n) is 3.25. The lowest BCUT2D eigenvalue weighted by molar-refractivity contribution is 0.618. The molecule has 1 heterocycles. The van der Waals surface area contributed by atoms with Gasteiger partial charge in [-0.2, -0.15) is 5.10 Å². The van der Waals surface area contributed by atoms with Gasteiger partial charge in [-0.25, -0.2) is 4.39 Å². The summed E-state index contributed by atoms with van der Waals surface area (Å²) in [4.78, 5) is 0. The first-order chi connectivity index (χ1) is 8.90. The lowest BCUT2D eigenvalue weighted by Crippen LogP contribution is -2.02. The molecular weight excluding hydrogens is 241 g/mol. The molecule has 0 fully saturated rings. The zero-order chi connectivity index (χ0) is 14.2. The topological polar surface area (TPSA) is 43.8 Å². The van der Waals surface area contributed by atoms with E-state index in [1.807, 2.05) is 13.1 Å². The smallest absolute Gasteiger partial charge is 0.126 e. The summed E-state index contributed by atoms with van der Waals surface area (Å²) in [5.41, 5.74) is 9.27. The fourth-order valence-corrected chi connectivity index (χ4v) is 2.16. The maximum Gasteiger partial charge on any atom is 0.126 e. The molecule has 4 heteroatoms. The first-order valence-corrected chi connectivity index (χ1v) is 6.48. The number of anilines is 1. The van der Waals surface area contributed by atoms with Crippen LogP contribution in [0.5, 0.6) is 0 Å². The minimum absolute atomic E-state index is 0.211. The fraction of sp³-hybridized carbons (Fsp3) is 0.400. The van der Waals surface area contributed by atoms with Crippen molar-refractivity contribution in [2.24, 2.45) is 13.0 Å². The molecule has 0 aliphatic carbocycles. The molecule has 2 rings (SSSR count). The lowest BCUT2D eigenvalue weighted by Gasteiger charge is -2.07. The number of hydrogen-bond acceptors (Lipinski definition) is 2. The predicted octanol–water partition coefficient (Wildman–Crippen LogP) is 3.32. The number of aryl methyl sites for hydroxylation is 2. The highest BCUT2D eigenvalue weighted by molar-refractivity contribution is 5.68. The number of hydrogen-bond donors (Lipinski definition) is 1. The average molecular weight is 261 g/mol. The summed E-state index contributed by atoms with van der Waals surface area (Å²) >= 11 is 0. The Bertz CT molecular complexity index is 600. The molecule has 1 aromatic heterocycles. The molecule has 3 nitrogen and oxygen atoms in total. The van der Waals surface area contributed by atoms with Gasteiger partial charge in [0, 0.05) is 18.2 Å². The number of benzene rings is 1. The Kier molecular flexibility index (Phi) is 3.60. The van der Waals surface area contributed by atoms with Gasteiger partial charge in [0.25, 0.3) is 0 Å². The normalized spacial score (nSPS) is 11.3. The Morgan fingerprint density at radius 1 is 1.37 bits per heavy atom. The summed E-state index contributed by atoms with van der Waals surface area (Å²) < 4.78 is 15.4. The number of nitrogens with two attached hydrogens (primary N) is 1. The van der Waals surface area contributed by atoms with Crippen molar-refractivity contribution in [2.45, 2.75) is 27.2 Å². The van der Waals surface area contributed by atoms with Crippen molar-refractivity contribution < 1.29 is 4.39 Å². The van der Waals surface area contributed by atoms with E-state index >= 15 is 0 Å². The van der Waals surface area contributed by atoms with Crippen molar-refractivity contribution >= 4 is 5.82 Å². The Hall–Kier alpha value is -1.84. The molecule has 0 saturated carbocycles. The molecule has 0 atom stereocenters. The monoisotopic (exact) mass is 261 g/mol. The largest absolute Gasteiger partial charge is 0.384 e. The van der Waals surface area contributed by atoms with E-state index in [1.165, 1.54) is 6.07 Å². The van der Waals surface area contributed by atoms with Gasteiger partial charge in [0.15, 0.2) is 0 Å². The highest BCUT2D eigenvalue weighted by Gasteiger charge is 2.17. The van der Waals surface area contributed by atoms with E-state index < -0.39 is 0 Å². The number of nitrogens with zero attached hydrogens (tertiary/aromatic N) is 2. The molecule has 0 unspecified atom stereocenters. The summed E-state index contributed by atoms with van der Waals surface area (Å²) in [6, 6.07) is 5.19. The van der Waals surface area contributed by atoms with Crippen molar-refractivity contribution in [3.05, 3.63) is 35.1 Å². The molecule has 2 N–H and O–H groups in total. The Labute approximate surface area is 113 Å². The number of halogens is 1. The van der Waals surface area contributed by atoms with Gasteiger partial charge in [-0.15, -0.1) is 0 Å². The molecule has 0 saturated heterocycles. The summed E-state index contributed by atoms with van der Waals surface area (Å²) in [5.74, 6) is 0.919. The fourth-order valence-electron chi connectivity index (χ4n) is 2.16. The van der Waals surface area contributed by atoms with Crippen LogP contribution in [0.3, 0.4) is 0 Å². The first-order valence-electron chi connectivity index (χ1n) is 6.48. The average Bonchev–Trinajstić information content (AvgIpc) is 2.60. The van der Waals surface area contributed by atoms with E-state index in [0.717, 1.165) is 23.2 Å².